The average molecular weight is 599 g/mol. The van der Waals surface area contributed by atoms with Gasteiger partial charge in [-0.15, -0.1) is 0 Å². The molecular formula is C28H24BrFN2O5S. The highest BCUT2D eigenvalue weighted by Gasteiger charge is 2.30. The van der Waals surface area contributed by atoms with E-state index in [9.17, 15) is 14.0 Å². The first-order valence-corrected chi connectivity index (χ1v) is 13.2. The summed E-state index contributed by atoms with van der Waals surface area (Å²) in [6.45, 7) is 2.52. The Bertz CT molecular complexity index is 1410. The van der Waals surface area contributed by atoms with Crippen LogP contribution in [0.5, 0.6) is 11.5 Å². The molecule has 0 aliphatic carbocycles. The van der Waals surface area contributed by atoms with Gasteiger partial charge in [0.15, 0.2) is 16.7 Å². The van der Waals surface area contributed by atoms with Gasteiger partial charge < -0.3 is 14.2 Å². The maximum Gasteiger partial charge on any atom is 0.337 e. The van der Waals surface area contributed by atoms with E-state index in [4.69, 9.17) is 14.2 Å². The molecule has 1 saturated heterocycles. The van der Waals surface area contributed by atoms with Crippen LogP contribution in [0.3, 0.4) is 0 Å². The Morgan fingerprint density at radius 3 is 2.47 bits per heavy atom. The number of ether oxygens (including phenoxy) is 3. The van der Waals surface area contributed by atoms with Crippen molar-refractivity contribution in [3.05, 3.63) is 92.5 Å². The molecule has 0 N–H and O–H groups in total. The van der Waals surface area contributed by atoms with Gasteiger partial charge in [0.05, 0.1) is 34.3 Å². The highest BCUT2D eigenvalue weighted by Crippen LogP contribution is 2.40. The Morgan fingerprint density at radius 1 is 1.11 bits per heavy atom. The molecular weight excluding hydrogens is 575 g/mol. The summed E-state index contributed by atoms with van der Waals surface area (Å²) in [7, 11) is 2.98. The maximum atomic E-state index is 13.2. The van der Waals surface area contributed by atoms with Crippen molar-refractivity contribution in [2.45, 2.75) is 13.5 Å². The van der Waals surface area contributed by atoms with Crippen molar-refractivity contribution >= 4 is 56.5 Å². The molecule has 3 aromatic carbocycles. The van der Waals surface area contributed by atoms with Crippen molar-refractivity contribution in [1.29, 1.82) is 0 Å². The number of rotatable bonds is 8. The number of halogens is 2. The molecule has 0 unspecified atom stereocenters. The van der Waals surface area contributed by atoms with Crippen LogP contribution in [0.15, 0.2) is 75.0 Å². The van der Waals surface area contributed by atoms with Gasteiger partial charge in [-0.25, -0.2) is 14.2 Å². The molecule has 3 aromatic rings. The lowest BCUT2D eigenvalue weighted by molar-refractivity contribution is -0.121. The van der Waals surface area contributed by atoms with E-state index >= 15 is 0 Å². The number of carbonyl (C=O) groups is 2. The van der Waals surface area contributed by atoms with Crippen LogP contribution < -0.4 is 9.47 Å². The van der Waals surface area contributed by atoms with Crippen LogP contribution in [0.1, 0.15) is 28.4 Å². The van der Waals surface area contributed by atoms with E-state index in [2.05, 4.69) is 20.9 Å². The zero-order valence-electron chi connectivity index (χ0n) is 20.9. The minimum absolute atomic E-state index is 0.189. The summed E-state index contributed by atoms with van der Waals surface area (Å²) >= 11 is 4.80. The van der Waals surface area contributed by atoms with E-state index in [1.54, 1.807) is 55.6 Å². The predicted molar refractivity (Wildman–Crippen MR) is 149 cm³/mol. The van der Waals surface area contributed by atoms with Crippen molar-refractivity contribution in [3.8, 4) is 11.5 Å². The second-order valence-electron chi connectivity index (χ2n) is 8.09. The van der Waals surface area contributed by atoms with E-state index < -0.39 is 5.97 Å². The van der Waals surface area contributed by atoms with E-state index in [0.717, 1.165) is 11.1 Å². The molecule has 10 heteroatoms. The minimum atomic E-state index is -0.429. The number of hydrogen-bond acceptors (Lipinski definition) is 7. The molecule has 196 valence electrons. The van der Waals surface area contributed by atoms with Gasteiger partial charge in [-0.3, -0.25) is 9.69 Å². The summed E-state index contributed by atoms with van der Waals surface area (Å²) in [6, 6.07) is 16.4. The van der Waals surface area contributed by atoms with Crippen LogP contribution in [0, 0.1) is 5.82 Å². The number of benzene rings is 3. The summed E-state index contributed by atoms with van der Waals surface area (Å²) in [6.07, 6.45) is 1.77. The molecule has 1 aliphatic heterocycles. The minimum Gasteiger partial charge on any atom is -0.490 e. The highest BCUT2D eigenvalue weighted by atomic mass is 79.9. The molecule has 0 bridgehead atoms. The molecule has 1 amide bonds. The molecule has 0 atom stereocenters. The van der Waals surface area contributed by atoms with Gasteiger partial charge in [0.1, 0.15) is 12.4 Å². The topological polar surface area (TPSA) is 77.4 Å². The lowest BCUT2D eigenvalue weighted by Gasteiger charge is -2.15. The second-order valence-corrected chi connectivity index (χ2v) is 9.95. The van der Waals surface area contributed by atoms with Crippen molar-refractivity contribution in [2.24, 2.45) is 4.99 Å². The first kappa shape index (κ1) is 27.4. The van der Waals surface area contributed by atoms with Gasteiger partial charge in [0.25, 0.3) is 5.91 Å². The van der Waals surface area contributed by atoms with Gasteiger partial charge >= 0.3 is 5.97 Å². The van der Waals surface area contributed by atoms with Crippen molar-refractivity contribution in [1.82, 2.24) is 4.90 Å². The predicted octanol–water partition coefficient (Wildman–Crippen LogP) is 6.59. The fourth-order valence-electron chi connectivity index (χ4n) is 3.51. The van der Waals surface area contributed by atoms with E-state index in [1.165, 1.54) is 35.9 Å². The maximum absolute atomic E-state index is 13.2. The van der Waals surface area contributed by atoms with Crippen LogP contribution >= 0.6 is 27.7 Å². The number of amidine groups is 1. The van der Waals surface area contributed by atoms with Crippen LogP contribution in [0.2, 0.25) is 0 Å². The summed E-state index contributed by atoms with van der Waals surface area (Å²) < 4.78 is 30.4. The Hall–Kier alpha value is -3.63. The largest absolute Gasteiger partial charge is 0.490 e. The lowest BCUT2D eigenvalue weighted by atomic mass is 10.1. The van der Waals surface area contributed by atoms with E-state index in [1.807, 2.05) is 13.0 Å². The van der Waals surface area contributed by atoms with E-state index in [-0.39, 0.29) is 18.3 Å². The van der Waals surface area contributed by atoms with Gasteiger partial charge in [0, 0.05) is 7.05 Å². The Labute approximate surface area is 232 Å². The highest BCUT2D eigenvalue weighted by molar-refractivity contribution is 9.10. The standard InChI is InChI=1S/C28H24BrFN2O5S/c1-4-36-23-14-18(13-22(29)25(23)37-16-17-5-9-20(30)10-6-17)15-24-26(33)32(2)28(38-24)31-21-11-7-19(8-12-21)27(34)35-3/h5-15H,4,16H2,1-3H3. The summed E-state index contributed by atoms with van der Waals surface area (Å²) in [5, 5.41) is 0.510. The zero-order chi connectivity index (χ0) is 27.2. The summed E-state index contributed by atoms with van der Waals surface area (Å²) in [4.78, 5) is 31.1. The van der Waals surface area contributed by atoms with Crippen LogP contribution in [0.4, 0.5) is 10.1 Å². The first-order valence-electron chi connectivity index (χ1n) is 11.6. The molecule has 38 heavy (non-hydrogen) atoms. The number of hydrogen-bond donors (Lipinski definition) is 0. The fourth-order valence-corrected chi connectivity index (χ4v) is 5.07. The number of nitrogens with zero attached hydrogens (tertiary/aromatic N) is 2. The van der Waals surface area contributed by atoms with E-state index in [0.29, 0.717) is 43.9 Å². The molecule has 1 heterocycles. The molecule has 7 nitrogen and oxygen atoms in total. The second kappa shape index (κ2) is 12.3. The summed E-state index contributed by atoms with van der Waals surface area (Å²) in [5.74, 6) is 0.0989. The number of carbonyl (C=O) groups excluding carboxylic acids is 2. The molecule has 0 radical (unpaired) electrons. The van der Waals surface area contributed by atoms with Crippen molar-refractivity contribution in [3.63, 3.8) is 0 Å². The number of aliphatic imine (C=N–C) groups is 1. The normalized spacial score (nSPS) is 15.3. The first-order chi connectivity index (χ1) is 18.3. The molecule has 0 saturated carbocycles. The number of methoxy groups -OCH3 is 1. The molecule has 4 rings (SSSR count). The van der Waals surface area contributed by atoms with Crippen LogP contribution in [-0.2, 0) is 16.1 Å². The molecule has 0 spiro atoms. The third-order valence-corrected chi connectivity index (χ3v) is 7.09. The monoisotopic (exact) mass is 598 g/mol. The van der Waals surface area contributed by atoms with Crippen LogP contribution in [0.25, 0.3) is 6.08 Å². The van der Waals surface area contributed by atoms with Gasteiger partial charge in [-0.1, -0.05) is 12.1 Å². The third-order valence-electron chi connectivity index (χ3n) is 5.44. The molecule has 0 aromatic heterocycles. The number of esters is 1. The quantitative estimate of drug-likeness (QED) is 0.215. The third kappa shape index (κ3) is 6.43. The van der Waals surface area contributed by atoms with Crippen molar-refractivity contribution < 1.29 is 28.2 Å². The zero-order valence-corrected chi connectivity index (χ0v) is 23.3. The lowest BCUT2D eigenvalue weighted by Crippen LogP contribution is -2.23. The van der Waals surface area contributed by atoms with Gasteiger partial charge in [-0.05, 0) is 100 Å². The molecule has 1 fully saturated rings. The van der Waals surface area contributed by atoms with Crippen LogP contribution in [-0.4, -0.2) is 42.7 Å². The van der Waals surface area contributed by atoms with Gasteiger partial charge in [-0.2, -0.15) is 0 Å². The average Bonchev–Trinajstić information content (AvgIpc) is 3.17. The number of likely N-dealkylation sites (N-methyl/N-ethyl adjacent to an activating group) is 1. The Kier molecular flexibility index (Phi) is 8.85. The van der Waals surface area contributed by atoms with Gasteiger partial charge in [0.2, 0.25) is 0 Å². The van der Waals surface area contributed by atoms with Crippen molar-refractivity contribution in [2.75, 3.05) is 20.8 Å². The fraction of sp³-hybridized carbons (Fsp3) is 0.179. The number of thioether (sulfide) groups is 1. The Morgan fingerprint density at radius 2 is 1.82 bits per heavy atom. The smallest absolute Gasteiger partial charge is 0.337 e. The Balaban J connectivity index is 1.55. The molecule has 1 aliphatic rings. The number of amides is 1. The SMILES string of the molecule is CCOc1cc(C=C2SC(=Nc3ccc(C(=O)OC)cc3)N(C)C2=O)cc(Br)c1OCc1ccc(F)cc1. The summed E-state index contributed by atoms with van der Waals surface area (Å²) in [5.41, 5.74) is 2.57.